The minimum Gasteiger partial charge on any atom is -0.274 e. The Balaban J connectivity index is 1.58. The number of fused-ring (bicyclic) bond motifs is 3. The summed E-state index contributed by atoms with van der Waals surface area (Å²) in [4.78, 5) is 38.6. The van der Waals surface area contributed by atoms with Gasteiger partial charge in [-0.25, -0.2) is 14.9 Å². The summed E-state index contributed by atoms with van der Waals surface area (Å²) in [7, 11) is 0. The Hall–Kier alpha value is -2.33. The summed E-state index contributed by atoms with van der Waals surface area (Å²) in [5, 5.41) is 15.3. The molecule has 8 nitrogen and oxygen atoms in total. The highest BCUT2D eigenvalue weighted by Crippen LogP contribution is 2.49. The molecule has 3 heterocycles. The standard InChI is InChI=1S/C20H16BrClN4O4/c21-12-4-2-11(3-5-12)17-16-18(24-9-1-8-23(17)24)20(28)25(19(16)27)13-6-7-14(22)15(10-13)26(29)30/h2-7,10,16-18H,1,8-9H2/t16-,17+,18-/m0/s1. The van der Waals surface area contributed by atoms with Crippen molar-refractivity contribution in [2.45, 2.75) is 18.5 Å². The first-order valence-corrected chi connectivity index (χ1v) is 10.7. The van der Waals surface area contributed by atoms with Crippen LogP contribution in [-0.2, 0) is 9.59 Å². The molecule has 0 saturated carbocycles. The fraction of sp³-hybridized carbons (Fsp3) is 0.300. The number of halogens is 2. The molecule has 3 saturated heterocycles. The Morgan fingerprint density at radius 3 is 2.33 bits per heavy atom. The van der Waals surface area contributed by atoms with Gasteiger partial charge in [-0.3, -0.25) is 19.7 Å². The second kappa shape index (κ2) is 7.12. The molecule has 0 spiro atoms. The number of carbonyl (C=O) groups is 2. The topological polar surface area (TPSA) is 87.0 Å². The van der Waals surface area contributed by atoms with E-state index < -0.39 is 16.9 Å². The van der Waals surface area contributed by atoms with Crippen LogP contribution in [-0.4, -0.2) is 45.9 Å². The van der Waals surface area contributed by atoms with Gasteiger partial charge in [0.25, 0.3) is 11.6 Å². The minimum absolute atomic E-state index is 0.0403. The smallest absolute Gasteiger partial charge is 0.274 e. The quantitative estimate of drug-likeness (QED) is 0.371. The van der Waals surface area contributed by atoms with E-state index in [0.717, 1.165) is 27.9 Å². The van der Waals surface area contributed by atoms with Crippen molar-refractivity contribution in [2.75, 3.05) is 18.0 Å². The lowest BCUT2D eigenvalue weighted by molar-refractivity contribution is -0.384. The molecule has 30 heavy (non-hydrogen) atoms. The molecule has 2 amide bonds. The van der Waals surface area contributed by atoms with Crippen molar-refractivity contribution in [3.63, 3.8) is 0 Å². The lowest BCUT2D eigenvalue weighted by atomic mass is 9.90. The molecule has 3 atom stereocenters. The molecule has 10 heteroatoms. The largest absolute Gasteiger partial charge is 0.289 e. The summed E-state index contributed by atoms with van der Waals surface area (Å²) in [6.07, 6.45) is 0.907. The zero-order valence-electron chi connectivity index (χ0n) is 15.6. The van der Waals surface area contributed by atoms with Crippen LogP contribution in [0.3, 0.4) is 0 Å². The van der Waals surface area contributed by atoms with Gasteiger partial charge < -0.3 is 0 Å². The summed E-state index contributed by atoms with van der Waals surface area (Å²) in [6.45, 7) is 1.47. The number of carbonyl (C=O) groups excluding carboxylic acids is 2. The van der Waals surface area contributed by atoms with Crippen molar-refractivity contribution < 1.29 is 14.5 Å². The van der Waals surface area contributed by atoms with Gasteiger partial charge in [-0.15, -0.1) is 0 Å². The Morgan fingerprint density at radius 2 is 1.67 bits per heavy atom. The average Bonchev–Trinajstić information content (AvgIpc) is 3.36. The molecule has 0 aromatic heterocycles. The third-order valence-corrected chi connectivity index (χ3v) is 6.85. The predicted molar refractivity (Wildman–Crippen MR) is 113 cm³/mol. The van der Waals surface area contributed by atoms with E-state index >= 15 is 0 Å². The number of amides is 2. The molecule has 3 fully saturated rings. The SMILES string of the molecule is O=C1[C@@H]2[C@@H](C(=O)N1c1ccc(Cl)c([N+](=O)[O-])c1)N1CCCN1[C@@H]2c1ccc(Br)cc1. The fourth-order valence-corrected chi connectivity index (χ4v) is 5.26. The van der Waals surface area contributed by atoms with Gasteiger partial charge in [0.05, 0.1) is 22.6 Å². The van der Waals surface area contributed by atoms with Crippen molar-refractivity contribution in [3.05, 3.63) is 67.6 Å². The van der Waals surface area contributed by atoms with Crippen LogP contribution >= 0.6 is 27.5 Å². The van der Waals surface area contributed by atoms with Crippen molar-refractivity contribution in [3.8, 4) is 0 Å². The minimum atomic E-state index is -0.621. The Morgan fingerprint density at radius 1 is 1.00 bits per heavy atom. The molecule has 0 aliphatic carbocycles. The zero-order valence-corrected chi connectivity index (χ0v) is 17.9. The third-order valence-electron chi connectivity index (χ3n) is 6.00. The first-order chi connectivity index (χ1) is 14.4. The van der Waals surface area contributed by atoms with Crippen LogP contribution in [0.2, 0.25) is 5.02 Å². The number of rotatable bonds is 3. The van der Waals surface area contributed by atoms with Crippen LogP contribution in [0.5, 0.6) is 0 Å². The van der Waals surface area contributed by atoms with Crippen LogP contribution in [0.25, 0.3) is 0 Å². The molecule has 0 N–H and O–H groups in total. The van der Waals surface area contributed by atoms with Crippen LogP contribution in [0.1, 0.15) is 18.0 Å². The van der Waals surface area contributed by atoms with E-state index in [1.807, 2.05) is 29.3 Å². The fourth-order valence-electron chi connectivity index (χ4n) is 4.81. The summed E-state index contributed by atoms with van der Waals surface area (Å²) >= 11 is 9.34. The Bertz CT molecular complexity index is 1080. The number of nitro groups is 1. The number of hydrogen-bond acceptors (Lipinski definition) is 6. The normalized spacial score (nSPS) is 26.3. The summed E-state index contributed by atoms with van der Waals surface area (Å²) in [5.41, 5.74) is 0.803. The van der Waals surface area contributed by atoms with E-state index in [0.29, 0.717) is 6.54 Å². The van der Waals surface area contributed by atoms with E-state index in [2.05, 4.69) is 20.9 Å². The van der Waals surface area contributed by atoms with Crippen LogP contribution < -0.4 is 4.90 Å². The second-order valence-electron chi connectivity index (χ2n) is 7.55. The highest BCUT2D eigenvalue weighted by molar-refractivity contribution is 9.10. The number of hydrogen-bond donors (Lipinski definition) is 0. The van der Waals surface area contributed by atoms with Gasteiger partial charge in [-0.05, 0) is 36.2 Å². The zero-order chi connectivity index (χ0) is 21.2. The third kappa shape index (κ3) is 2.80. The van der Waals surface area contributed by atoms with Crippen LogP contribution in [0.15, 0.2) is 46.9 Å². The Kier molecular flexibility index (Phi) is 4.66. The number of benzene rings is 2. The summed E-state index contributed by atoms with van der Waals surface area (Å²) in [6, 6.07) is 10.9. The van der Waals surface area contributed by atoms with Gasteiger partial charge in [0, 0.05) is 23.6 Å². The number of hydrazine groups is 1. The van der Waals surface area contributed by atoms with Gasteiger partial charge >= 0.3 is 0 Å². The first-order valence-electron chi connectivity index (χ1n) is 9.49. The van der Waals surface area contributed by atoms with E-state index in [1.165, 1.54) is 18.2 Å². The molecular formula is C20H16BrClN4O4. The molecular weight excluding hydrogens is 476 g/mol. The second-order valence-corrected chi connectivity index (χ2v) is 8.87. The molecule has 0 unspecified atom stereocenters. The maximum absolute atomic E-state index is 13.5. The molecule has 154 valence electrons. The number of anilines is 1. The monoisotopic (exact) mass is 490 g/mol. The van der Waals surface area contributed by atoms with E-state index in [1.54, 1.807) is 0 Å². The van der Waals surface area contributed by atoms with Gasteiger partial charge in [0.2, 0.25) is 5.91 Å². The highest BCUT2D eigenvalue weighted by Gasteiger charge is 2.62. The van der Waals surface area contributed by atoms with Crippen molar-refractivity contribution >= 4 is 50.7 Å². The molecule has 3 aliphatic heterocycles. The van der Waals surface area contributed by atoms with Gasteiger partial charge in [-0.1, -0.05) is 39.7 Å². The molecule has 0 radical (unpaired) electrons. The summed E-state index contributed by atoms with van der Waals surface area (Å²) < 4.78 is 0.933. The highest BCUT2D eigenvalue weighted by atomic mass is 79.9. The van der Waals surface area contributed by atoms with Gasteiger partial charge in [-0.2, -0.15) is 0 Å². The van der Waals surface area contributed by atoms with Crippen molar-refractivity contribution in [1.82, 2.24) is 10.0 Å². The van der Waals surface area contributed by atoms with Crippen LogP contribution in [0, 0.1) is 16.0 Å². The number of nitro benzene ring substituents is 1. The maximum atomic E-state index is 13.5. The lowest BCUT2D eigenvalue weighted by Crippen LogP contribution is -2.44. The molecule has 2 aromatic carbocycles. The Labute approximate surface area is 185 Å². The number of nitrogens with zero attached hydrogens (tertiary/aromatic N) is 4. The molecule has 0 bridgehead atoms. The first kappa shape index (κ1) is 19.6. The van der Waals surface area contributed by atoms with E-state index in [4.69, 9.17) is 11.6 Å². The molecule has 2 aromatic rings. The lowest BCUT2D eigenvalue weighted by Gasteiger charge is -2.29. The van der Waals surface area contributed by atoms with E-state index in [9.17, 15) is 19.7 Å². The molecule has 3 aliphatic rings. The summed E-state index contributed by atoms with van der Waals surface area (Å²) in [5.74, 6) is -1.27. The van der Waals surface area contributed by atoms with Gasteiger partial charge in [0.15, 0.2) is 0 Å². The van der Waals surface area contributed by atoms with Crippen LogP contribution in [0.4, 0.5) is 11.4 Å². The van der Waals surface area contributed by atoms with E-state index in [-0.39, 0.29) is 34.3 Å². The average molecular weight is 492 g/mol. The predicted octanol–water partition coefficient (Wildman–Crippen LogP) is 3.55. The van der Waals surface area contributed by atoms with Gasteiger partial charge in [0.1, 0.15) is 11.1 Å². The molecule has 5 rings (SSSR count). The maximum Gasteiger partial charge on any atom is 0.289 e. The number of imide groups is 1. The van der Waals surface area contributed by atoms with Crippen molar-refractivity contribution in [2.24, 2.45) is 5.92 Å². The van der Waals surface area contributed by atoms with Crippen molar-refractivity contribution in [1.29, 1.82) is 0 Å².